The van der Waals surface area contributed by atoms with Crippen molar-refractivity contribution in [3.63, 3.8) is 0 Å². The molecule has 0 saturated carbocycles. The fourth-order valence-corrected chi connectivity index (χ4v) is 1.52. The third kappa shape index (κ3) is 2.18. The predicted molar refractivity (Wildman–Crippen MR) is 44.9 cm³/mol. The molecule has 4 heteroatoms. The van der Waals surface area contributed by atoms with Gasteiger partial charge in [0.2, 0.25) is 0 Å². The van der Waals surface area contributed by atoms with Crippen LogP contribution in [-0.4, -0.2) is 31.3 Å². The van der Waals surface area contributed by atoms with Crippen molar-refractivity contribution in [3.8, 4) is 6.07 Å². The second-order valence-electron chi connectivity index (χ2n) is 3.10. The smallest absolute Gasteiger partial charge is 0.0957 e. The van der Waals surface area contributed by atoms with Crippen molar-refractivity contribution in [1.29, 1.82) is 5.26 Å². The van der Waals surface area contributed by atoms with E-state index in [2.05, 4.69) is 6.07 Å². The summed E-state index contributed by atoms with van der Waals surface area (Å²) < 4.78 is 0. The van der Waals surface area contributed by atoms with E-state index in [0.29, 0.717) is 5.92 Å². The number of hydroxylamine groups is 2. The molecule has 1 aliphatic heterocycles. The Labute approximate surface area is 72.8 Å². The van der Waals surface area contributed by atoms with Crippen LogP contribution in [0.5, 0.6) is 0 Å². The molecule has 1 fully saturated rings. The van der Waals surface area contributed by atoms with Gasteiger partial charge in [-0.05, 0) is 18.8 Å². The predicted octanol–water partition coefficient (Wildman–Crippen LogP) is 0.111. The number of nitrogens with two attached hydrogens (primary N) is 1. The van der Waals surface area contributed by atoms with Crippen molar-refractivity contribution in [2.24, 2.45) is 11.7 Å². The van der Waals surface area contributed by atoms with Crippen molar-refractivity contribution >= 4 is 0 Å². The lowest BCUT2D eigenvalue weighted by Gasteiger charge is -2.30. The molecule has 0 unspecified atom stereocenters. The number of nitrogens with zero attached hydrogens (tertiary/aromatic N) is 2. The van der Waals surface area contributed by atoms with Crippen LogP contribution in [0.1, 0.15) is 12.8 Å². The monoisotopic (exact) mass is 169 g/mol. The number of hydrogen-bond donors (Lipinski definition) is 1. The van der Waals surface area contributed by atoms with E-state index < -0.39 is 0 Å². The van der Waals surface area contributed by atoms with Crippen molar-refractivity contribution in [3.05, 3.63) is 0 Å². The minimum absolute atomic E-state index is 0.302. The SMILES string of the molecule is CON1CCC([C@@H](N)C#N)CC1. The first-order chi connectivity index (χ1) is 5.77. The third-order valence-corrected chi connectivity index (χ3v) is 2.41. The summed E-state index contributed by atoms with van der Waals surface area (Å²) in [7, 11) is 1.67. The standard InChI is InChI=1S/C8H15N3O/c1-12-11-4-2-7(3-5-11)8(10)6-9/h7-8H,2-5,10H2,1H3/t8-/m0/s1. The first-order valence-electron chi connectivity index (χ1n) is 4.22. The van der Waals surface area contributed by atoms with Gasteiger partial charge in [0, 0.05) is 13.1 Å². The third-order valence-electron chi connectivity index (χ3n) is 2.41. The lowest BCUT2D eigenvalue weighted by Crippen LogP contribution is -2.39. The molecule has 2 N–H and O–H groups in total. The molecule has 0 bridgehead atoms. The average molecular weight is 169 g/mol. The lowest BCUT2D eigenvalue weighted by molar-refractivity contribution is -0.148. The highest BCUT2D eigenvalue weighted by molar-refractivity contribution is 4.93. The summed E-state index contributed by atoms with van der Waals surface area (Å²) in [6.45, 7) is 1.77. The maximum Gasteiger partial charge on any atom is 0.0957 e. The van der Waals surface area contributed by atoms with Gasteiger partial charge < -0.3 is 10.6 Å². The molecule has 1 saturated heterocycles. The summed E-state index contributed by atoms with van der Waals surface area (Å²) in [5, 5.41) is 10.5. The molecule has 1 rings (SSSR count). The van der Waals surface area contributed by atoms with Crippen molar-refractivity contribution in [2.45, 2.75) is 18.9 Å². The summed E-state index contributed by atoms with van der Waals surface area (Å²) >= 11 is 0. The maximum absolute atomic E-state index is 8.59. The topological polar surface area (TPSA) is 62.3 Å². The van der Waals surface area contributed by atoms with Gasteiger partial charge in [0.15, 0.2) is 0 Å². The van der Waals surface area contributed by atoms with Crippen molar-refractivity contribution in [2.75, 3.05) is 20.2 Å². The summed E-state index contributed by atoms with van der Waals surface area (Å²) in [6.07, 6.45) is 1.92. The molecule has 0 amide bonds. The van der Waals surface area contributed by atoms with E-state index in [9.17, 15) is 0 Å². The number of hydrogen-bond acceptors (Lipinski definition) is 4. The van der Waals surface area contributed by atoms with Gasteiger partial charge >= 0.3 is 0 Å². The Morgan fingerprint density at radius 1 is 1.58 bits per heavy atom. The Balaban J connectivity index is 2.31. The summed E-state index contributed by atoms with van der Waals surface area (Å²) in [5.41, 5.74) is 5.61. The molecule has 0 aliphatic carbocycles. The molecule has 0 radical (unpaired) electrons. The zero-order valence-electron chi connectivity index (χ0n) is 7.36. The summed E-state index contributed by atoms with van der Waals surface area (Å²) in [5.74, 6) is 0.349. The number of nitriles is 1. The lowest BCUT2D eigenvalue weighted by atomic mass is 9.91. The molecule has 0 spiro atoms. The van der Waals surface area contributed by atoms with Crippen LogP contribution in [0.25, 0.3) is 0 Å². The summed E-state index contributed by atoms with van der Waals surface area (Å²) in [4.78, 5) is 5.06. The summed E-state index contributed by atoms with van der Waals surface area (Å²) in [6, 6.07) is 1.78. The second kappa shape index (κ2) is 4.41. The van der Waals surface area contributed by atoms with Gasteiger partial charge in [-0.15, -0.1) is 0 Å². The van der Waals surface area contributed by atoms with Crippen molar-refractivity contribution in [1.82, 2.24) is 5.06 Å². The molecule has 68 valence electrons. The molecule has 0 aromatic heterocycles. The Bertz CT molecular complexity index is 170. The van der Waals surface area contributed by atoms with E-state index in [0.717, 1.165) is 25.9 Å². The Kier molecular flexibility index (Phi) is 3.48. The highest BCUT2D eigenvalue weighted by Crippen LogP contribution is 2.18. The first-order valence-corrected chi connectivity index (χ1v) is 4.22. The second-order valence-corrected chi connectivity index (χ2v) is 3.10. The van der Waals surface area contributed by atoms with Crippen LogP contribution in [-0.2, 0) is 4.84 Å². The van der Waals surface area contributed by atoms with Gasteiger partial charge in [0.1, 0.15) is 0 Å². The largest absolute Gasteiger partial charge is 0.316 e. The minimum Gasteiger partial charge on any atom is -0.316 e. The van der Waals surface area contributed by atoms with Gasteiger partial charge in [0.25, 0.3) is 0 Å². The highest BCUT2D eigenvalue weighted by atomic mass is 16.7. The van der Waals surface area contributed by atoms with E-state index in [-0.39, 0.29) is 6.04 Å². The van der Waals surface area contributed by atoms with E-state index in [1.54, 1.807) is 7.11 Å². The van der Waals surface area contributed by atoms with Crippen LogP contribution in [0, 0.1) is 17.2 Å². The zero-order valence-corrected chi connectivity index (χ0v) is 7.36. The van der Waals surface area contributed by atoms with Gasteiger partial charge in [-0.25, -0.2) is 0 Å². The fraction of sp³-hybridized carbons (Fsp3) is 0.875. The quantitative estimate of drug-likeness (QED) is 0.637. The minimum atomic E-state index is -0.302. The van der Waals surface area contributed by atoms with Crippen molar-refractivity contribution < 1.29 is 4.84 Å². The van der Waals surface area contributed by atoms with E-state index in [1.807, 2.05) is 5.06 Å². The molecule has 1 aliphatic rings. The molecule has 4 nitrogen and oxygen atoms in total. The average Bonchev–Trinajstić information content (AvgIpc) is 2.17. The van der Waals surface area contributed by atoms with E-state index in [4.69, 9.17) is 15.8 Å². The molecule has 1 atom stereocenters. The van der Waals surface area contributed by atoms with Crippen LogP contribution in [0.2, 0.25) is 0 Å². The van der Waals surface area contributed by atoms with Crippen LogP contribution in [0.4, 0.5) is 0 Å². The first kappa shape index (κ1) is 9.46. The number of rotatable bonds is 2. The van der Waals surface area contributed by atoms with E-state index >= 15 is 0 Å². The molecular weight excluding hydrogens is 154 g/mol. The molecule has 12 heavy (non-hydrogen) atoms. The van der Waals surface area contributed by atoms with Crippen LogP contribution >= 0.6 is 0 Å². The molecule has 0 aromatic rings. The number of piperidine rings is 1. The Hall–Kier alpha value is -0.630. The fourth-order valence-electron chi connectivity index (χ4n) is 1.52. The molecular formula is C8H15N3O. The molecule has 0 aromatic carbocycles. The highest BCUT2D eigenvalue weighted by Gasteiger charge is 2.23. The van der Waals surface area contributed by atoms with Gasteiger partial charge in [-0.1, -0.05) is 0 Å². The zero-order chi connectivity index (χ0) is 8.97. The van der Waals surface area contributed by atoms with E-state index in [1.165, 1.54) is 0 Å². The normalized spacial score (nSPS) is 23.4. The van der Waals surface area contributed by atoms with Gasteiger partial charge in [0.05, 0.1) is 19.2 Å². The van der Waals surface area contributed by atoms with Gasteiger partial charge in [-0.2, -0.15) is 10.3 Å². The van der Waals surface area contributed by atoms with Crippen LogP contribution < -0.4 is 5.73 Å². The molecule has 1 heterocycles. The van der Waals surface area contributed by atoms with Crippen LogP contribution in [0.15, 0.2) is 0 Å². The van der Waals surface area contributed by atoms with Gasteiger partial charge in [-0.3, -0.25) is 0 Å². The maximum atomic E-state index is 8.59. The van der Waals surface area contributed by atoms with Crippen LogP contribution in [0.3, 0.4) is 0 Å². The Morgan fingerprint density at radius 3 is 2.58 bits per heavy atom. The Morgan fingerprint density at radius 2 is 2.17 bits per heavy atom.